The van der Waals surface area contributed by atoms with E-state index in [0.717, 1.165) is 211 Å². The van der Waals surface area contributed by atoms with Crippen molar-refractivity contribution < 1.29 is 80.2 Å². The van der Waals surface area contributed by atoms with Gasteiger partial charge in [-0.05, 0) is 122 Å². The van der Waals surface area contributed by atoms with E-state index < -0.39 is 53.8 Å². The molecular weight excluding hydrogens is 1260 g/mol. The number of phosphoric ester groups is 2. The molecule has 19 heteroatoms. The van der Waals surface area contributed by atoms with Crippen molar-refractivity contribution in [3.63, 3.8) is 0 Å². The van der Waals surface area contributed by atoms with Crippen molar-refractivity contribution in [2.45, 2.75) is 372 Å². The number of hydrogen-bond donors (Lipinski definition) is 3. The van der Waals surface area contributed by atoms with E-state index in [-0.39, 0.29) is 32.2 Å². The second-order valence-electron chi connectivity index (χ2n) is 26.5. The Bertz CT molecular complexity index is 1870. The summed E-state index contributed by atoms with van der Waals surface area (Å²) in [6.07, 6.45) is 71.7. The van der Waals surface area contributed by atoms with Crippen LogP contribution < -0.4 is 0 Å². The first kappa shape index (κ1) is 93.8. The number of esters is 1. The fourth-order valence-electron chi connectivity index (χ4n) is 11.1. The van der Waals surface area contributed by atoms with Crippen LogP contribution in [0.3, 0.4) is 0 Å². The number of aliphatic hydroxyl groups is 1. The summed E-state index contributed by atoms with van der Waals surface area (Å²) in [6.45, 7) is 1.27. The standard InChI is InChI=1S/C77H144O17P2/c1-2-3-4-5-6-7-8-19-26-33-40-47-54-61-77(82)90-71-76(89-67-60-53-46-39-32-25-17-12-10-14-21-28-35-42-49-56-63-79)73-94-96(85,86)92-69-74(81)68-91-95(83,84)93-72-75(70-87-65-58-51-44-37-30-23-18-15-22-29-36-43-50-57-64-80)88-66-59-52-45-38-31-24-16-11-9-13-20-27-34-41-48-55-62-78/h9-10,13-15,18,62-64,74-76,81H,2-8,11-12,16-17,19-61,65-73H2,1H3,(H,83,84)(H,85,86)/b13-9-,14-10-,18-15-/t74-,75-,76-/m1/s1. The molecule has 0 fully saturated rings. The fourth-order valence-corrected chi connectivity index (χ4v) is 12.7. The van der Waals surface area contributed by atoms with Crippen molar-refractivity contribution in [3.8, 4) is 0 Å². The Labute approximate surface area is 585 Å². The van der Waals surface area contributed by atoms with Crippen molar-refractivity contribution in [2.24, 2.45) is 0 Å². The van der Waals surface area contributed by atoms with Gasteiger partial charge in [-0.1, -0.05) is 242 Å². The van der Waals surface area contributed by atoms with Crippen LogP contribution in [-0.2, 0) is 65.4 Å². The molecule has 0 amide bonds. The number of hydrogen-bond acceptors (Lipinski definition) is 15. The van der Waals surface area contributed by atoms with Crippen molar-refractivity contribution in [3.05, 3.63) is 36.5 Å². The largest absolute Gasteiger partial charge is 0.472 e. The summed E-state index contributed by atoms with van der Waals surface area (Å²) in [4.78, 5) is 65.5. The molecule has 5 atom stereocenters. The second kappa shape index (κ2) is 75.4. The van der Waals surface area contributed by atoms with Crippen LogP contribution >= 0.6 is 15.6 Å². The third kappa shape index (κ3) is 74.5. The van der Waals surface area contributed by atoms with E-state index >= 15 is 0 Å². The minimum atomic E-state index is -4.79. The molecule has 0 aromatic carbocycles. The monoisotopic (exact) mass is 1400 g/mol. The molecule has 0 rings (SSSR count). The lowest BCUT2D eigenvalue weighted by atomic mass is 10.0. The quantitative estimate of drug-likeness (QED) is 0.0169. The molecule has 564 valence electrons. The number of carbonyl (C=O) groups excluding carboxylic acids is 4. The molecule has 2 unspecified atom stereocenters. The summed E-state index contributed by atoms with van der Waals surface area (Å²) in [7, 11) is -9.51. The molecule has 3 N–H and O–H groups in total. The second-order valence-corrected chi connectivity index (χ2v) is 29.4. The fraction of sp³-hybridized carbons (Fsp3) is 0.870. The van der Waals surface area contributed by atoms with Crippen LogP contribution in [0.5, 0.6) is 0 Å². The maximum Gasteiger partial charge on any atom is 0.472 e. The van der Waals surface area contributed by atoms with E-state index in [1.54, 1.807) is 0 Å². The molecule has 0 heterocycles. The molecule has 0 aromatic rings. The van der Waals surface area contributed by atoms with E-state index in [4.69, 9.17) is 37.0 Å². The lowest BCUT2D eigenvalue weighted by molar-refractivity contribution is -0.149. The first-order valence-electron chi connectivity index (χ1n) is 39.1. The zero-order chi connectivity index (χ0) is 69.9. The van der Waals surface area contributed by atoms with Gasteiger partial charge in [0.1, 0.15) is 43.8 Å². The normalized spacial score (nSPS) is 14.2. The summed E-state index contributed by atoms with van der Waals surface area (Å²) in [5, 5.41) is 10.6. The highest BCUT2D eigenvalue weighted by atomic mass is 31.2. The van der Waals surface area contributed by atoms with Gasteiger partial charge in [0, 0.05) is 45.5 Å². The maximum atomic E-state index is 13.1. The molecule has 0 spiro atoms. The molecule has 0 radical (unpaired) electrons. The van der Waals surface area contributed by atoms with Gasteiger partial charge >= 0.3 is 21.6 Å². The molecule has 17 nitrogen and oxygen atoms in total. The Morgan fingerprint density at radius 2 is 0.583 bits per heavy atom. The first-order chi connectivity index (χ1) is 47.0. The maximum absolute atomic E-state index is 13.1. The molecule has 0 saturated carbocycles. The van der Waals surface area contributed by atoms with E-state index in [1.807, 2.05) is 0 Å². The van der Waals surface area contributed by atoms with Gasteiger partial charge in [-0.25, -0.2) is 9.13 Å². The number of ether oxygens (including phenoxy) is 4. The average Bonchev–Trinajstić information content (AvgIpc) is 1.27. The number of carbonyl (C=O) groups is 4. The number of unbranched alkanes of at least 4 members (excludes halogenated alkanes) is 46. The lowest BCUT2D eigenvalue weighted by Crippen LogP contribution is -2.28. The Hall–Kier alpha value is -2.24. The highest BCUT2D eigenvalue weighted by Gasteiger charge is 2.29. The highest BCUT2D eigenvalue weighted by molar-refractivity contribution is 7.47. The summed E-state index contributed by atoms with van der Waals surface area (Å²) in [5.74, 6) is -0.369. The van der Waals surface area contributed by atoms with E-state index in [9.17, 15) is 43.2 Å². The Kier molecular flexibility index (Phi) is 73.7. The van der Waals surface area contributed by atoms with Crippen molar-refractivity contribution in [1.29, 1.82) is 0 Å². The highest BCUT2D eigenvalue weighted by Crippen LogP contribution is 2.45. The number of aldehydes is 3. The molecule has 0 aliphatic rings. The summed E-state index contributed by atoms with van der Waals surface area (Å²) in [5.41, 5.74) is 0. The van der Waals surface area contributed by atoms with Crippen LogP contribution in [-0.4, -0.2) is 117 Å². The Morgan fingerprint density at radius 3 is 0.906 bits per heavy atom. The molecular formula is C77H144O17P2. The third-order valence-corrected chi connectivity index (χ3v) is 19.1. The summed E-state index contributed by atoms with van der Waals surface area (Å²) in [6, 6.07) is 0. The smallest absolute Gasteiger partial charge is 0.463 e. The topological polar surface area (TPSA) is 237 Å². The van der Waals surface area contributed by atoms with Gasteiger partial charge in [-0.2, -0.15) is 0 Å². The van der Waals surface area contributed by atoms with Gasteiger partial charge in [0.05, 0.1) is 33.0 Å². The average molecular weight is 1400 g/mol. The van der Waals surface area contributed by atoms with Crippen molar-refractivity contribution >= 4 is 40.5 Å². The molecule has 0 bridgehead atoms. The molecule has 0 aliphatic carbocycles. The van der Waals surface area contributed by atoms with Crippen LogP contribution in [0.1, 0.15) is 354 Å². The van der Waals surface area contributed by atoms with Crippen LogP contribution in [0.25, 0.3) is 0 Å². The molecule has 96 heavy (non-hydrogen) atoms. The number of rotatable bonds is 81. The minimum absolute atomic E-state index is 0.154. The number of phosphoric acid groups is 2. The Balaban J connectivity index is 5.10. The summed E-state index contributed by atoms with van der Waals surface area (Å²) >= 11 is 0. The van der Waals surface area contributed by atoms with Gasteiger partial charge in [-0.15, -0.1) is 0 Å². The zero-order valence-corrected chi connectivity index (χ0v) is 62.7. The Morgan fingerprint density at radius 1 is 0.323 bits per heavy atom. The number of aliphatic hydroxyl groups excluding tert-OH is 1. The van der Waals surface area contributed by atoms with Gasteiger partial charge in [-0.3, -0.25) is 22.9 Å². The van der Waals surface area contributed by atoms with Crippen molar-refractivity contribution in [1.82, 2.24) is 0 Å². The molecule has 0 aromatic heterocycles. The van der Waals surface area contributed by atoms with Crippen LogP contribution in [0.15, 0.2) is 36.5 Å². The predicted molar refractivity (Wildman–Crippen MR) is 391 cm³/mol. The first-order valence-corrected chi connectivity index (χ1v) is 42.1. The zero-order valence-electron chi connectivity index (χ0n) is 60.9. The SMILES string of the molecule is CCCCCCCCCCCCCCCC(=O)OC[C@H](COP(=O)(O)OC[C@H](O)COP(=O)(O)OC[C@@H](COCCCCCCC/C=C\CCCCCCC=O)OCCCCCCCCC/C=C\CCCCCCC=O)OCCCCCCCCC/C=C\CCCCCCC=O. The van der Waals surface area contributed by atoms with E-state index in [1.165, 1.54) is 128 Å². The van der Waals surface area contributed by atoms with Crippen molar-refractivity contribution in [2.75, 3.05) is 59.5 Å². The van der Waals surface area contributed by atoms with E-state index in [0.29, 0.717) is 39.1 Å². The molecule has 0 aliphatic heterocycles. The van der Waals surface area contributed by atoms with E-state index in [2.05, 4.69) is 43.4 Å². The summed E-state index contributed by atoms with van der Waals surface area (Å²) < 4.78 is 70.6. The lowest BCUT2D eigenvalue weighted by Gasteiger charge is -2.21. The van der Waals surface area contributed by atoms with Gasteiger partial charge in [0.15, 0.2) is 0 Å². The number of allylic oxidation sites excluding steroid dienone is 6. The third-order valence-electron chi connectivity index (χ3n) is 17.2. The van der Waals surface area contributed by atoms with Gasteiger partial charge in [0.2, 0.25) is 0 Å². The van der Waals surface area contributed by atoms with Gasteiger partial charge in [0.25, 0.3) is 0 Å². The molecule has 0 saturated heterocycles. The van der Waals surface area contributed by atoms with Crippen LogP contribution in [0.4, 0.5) is 0 Å². The van der Waals surface area contributed by atoms with Crippen LogP contribution in [0, 0.1) is 0 Å². The van der Waals surface area contributed by atoms with Crippen LogP contribution in [0.2, 0.25) is 0 Å². The predicted octanol–water partition coefficient (Wildman–Crippen LogP) is 21.3. The van der Waals surface area contributed by atoms with Gasteiger partial charge < -0.3 is 48.2 Å². The minimum Gasteiger partial charge on any atom is -0.463 e.